The van der Waals surface area contributed by atoms with E-state index in [4.69, 9.17) is 9.47 Å². The third kappa shape index (κ3) is 5.63. The molecule has 1 aromatic carbocycles. The lowest BCUT2D eigenvalue weighted by atomic mass is 9.95. The lowest BCUT2D eigenvalue weighted by molar-refractivity contribution is 0.0634. The van der Waals surface area contributed by atoms with Gasteiger partial charge in [0.15, 0.2) is 0 Å². The molecule has 0 saturated heterocycles. The highest BCUT2D eigenvalue weighted by molar-refractivity contribution is 5.17. The van der Waals surface area contributed by atoms with E-state index in [-0.39, 0.29) is 5.92 Å². The average molecular weight is 252 g/mol. The van der Waals surface area contributed by atoms with Crippen molar-refractivity contribution in [1.29, 1.82) is 0 Å². The van der Waals surface area contributed by atoms with Gasteiger partial charge in [0.05, 0.1) is 6.10 Å². The number of methoxy groups -OCH3 is 1. The van der Waals surface area contributed by atoms with Gasteiger partial charge in [-0.15, -0.1) is 0 Å². The van der Waals surface area contributed by atoms with Gasteiger partial charge in [0.2, 0.25) is 0 Å². The Morgan fingerprint density at radius 2 is 1.83 bits per heavy atom. The molecule has 0 aromatic heterocycles. The fraction of sp³-hybridized carbons (Fsp3) is 0.600. The number of rotatable bonds is 9. The average Bonchev–Trinajstić information content (AvgIpc) is 2.42. The predicted octanol–water partition coefficient (Wildman–Crippen LogP) is 2.80. The maximum absolute atomic E-state index is 10.2. The molecule has 3 heteroatoms. The van der Waals surface area contributed by atoms with E-state index in [1.54, 1.807) is 7.11 Å². The normalized spacial score (nSPS) is 14.4. The summed E-state index contributed by atoms with van der Waals surface area (Å²) in [4.78, 5) is 0. The van der Waals surface area contributed by atoms with Crippen LogP contribution in [0.2, 0.25) is 0 Å². The van der Waals surface area contributed by atoms with Crippen LogP contribution < -0.4 is 0 Å². The summed E-state index contributed by atoms with van der Waals surface area (Å²) in [6.45, 7) is 4.20. The molecule has 0 spiro atoms. The standard InChI is InChI=1S/C15H24O3/c1-13(9-12-18-11-6-10-17-2)15(16)14-7-4-3-5-8-14/h3-5,7-8,13,15-16H,6,9-12H2,1-2H3. The minimum Gasteiger partial charge on any atom is -0.388 e. The number of hydrogen-bond acceptors (Lipinski definition) is 3. The minimum atomic E-state index is -0.409. The Bertz CT molecular complexity index is 300. The maximum atomic E-state index is 10.2. The molecule has 0 aliphatic heterocycles. The van der Waals surface area contributed by atoms with Gasteiger partial charge in [-0.25, -0.2) is 0 Å². The molecular formula is C15H24O3. The van der Waals surface area contributed by atoms with Crippen molar-refractivity contribution < 1.29 is 14.6 Å². The van der Waals surface area contributed by atoms with Gasteiger partial charge in [-0.1, -0.05) is 37.3 Å². The van der Waals surface area contributed by atoms with Crippen LogP contribution in [0, 0.1) is 5.92 Å². The van der Waals surface area contributed by atoms with Crippen molar-refractivity contribution in [3.05, 3.63) is 35.9 Å². The van der Waals surface area contributed by atoms with E-state index >= 15 is 0 Å². The van der Waals surface area contributed by atoms with Crippen molar-refractivity contribution in [2.24, 2.45) is 5.92 Å². The molecular weight excluding hydrogens is 228 g/mol. The molecule has 3 nitrogen and oxygen atoms in total. The highest BCUT2D eigenvalue weighted by Gasteiger charge is 2.15. The van der Waals surface area contributed by atoms with Crippen LogP contribution in [-0.4, -0.2) is 32.0 Å². The van der Waals surface area contributed by atoms with Crippen molar-refractivity contribution in [1.82, 2.24) is 0 Å². The smallest absolute Gasteiger partial charge is 0.0816 e. The largest absolute Gasteiger partial charge is 0.388 e. The second kappa shape index (κ2) is 9.09. The molecule has 18 heavy (non-hydrogen) atoms. The summed E-state index contributed by atoms with van der Waals surface area (Å²) < 4.78 is 10.4. The molecule has 0 amide bonds. The first-order valence-corrected chi connectivity index (χ1v) is 6.55. The summed E-state index contributed by atoms with van der Waals surface area (Å²) in [5, 5.41) is 10.2. The van der Waals surface area contributed by atoms with E-state index in [1.165, 1.54) is 0 Å². The SMILES string of the molecule is COCCCOCCC(C)C(O)c1ccccc1. The third-order valence-corrected chi connectivity index (χ3v) is 3.03. The fourth-order valence-corrected chi connectivity index (χ4v) is 1.81. The number of benzene rings is 1. The lowest BCUT2D eigenvalue weighted by Gasteiger charge is -2.19. The highest BCUT2D eigenvalue weighted by atomic mass is 16.5. The molecule has 0 bridgehead atoms. The first-order valence-electron chi connectivity index (χ1n) is 6.55. The topological polar surface area (TPSA) is 38.7 Å². The number of ether oxygens (including phenoxy) is 2. The zero-order chi connectivity index (χ0) is 13.2. The number of hydrogen-bond donors (Lipinski definition) is 1. The van der Waals surface area contributed by atoms with Gasteiger partial charge in [0.25, 0.3) is 0 Å². The Balaban J connectivity index is 2.18. The van der Waals surface area contributed by atoms with Gasteiger partial charge in [-0.2, -0.15) is 0 Å². The Morgan fingerprint density at radius 3 is 2.50 bits per heavy atom. The van der Waals surface area contributed by atoms with Crippen molar-refractivity contribution in [3.63, 3.8) is 0 Å². The van der Waals surface area contributed by atoms with Crippen LogP contribution >= 0.6 is 0 Å². The molecule has 2 atom stereocenters. The monoisotopic (exact) mass is 252 g/mol. The zero-order valence-corrected chi connectivity index (χ0v) is 11.3. The van der Waals surface area contributed by atoms with Crippen molar-refractivity contribution >= 4 is 0 Å². The fourth-order valence-electron chi connectivity index (χ4n) is 1.81. The summed E-state index contributed by atoms with van der Waals surface area (Å²) in [6.07, 6.45) is 1.38. The highest BCUT2D eigenvalue weighted by Crippen LogP contribution is 2.23. The molecule has 1 rings (SSSR count). The van der Waals surface area contributed by atoms with Crippen molar-refractivity contribution in [2.45, 2.75) is 25.9 Å². The zero-order valence-electron chi connectivity index (χ0n) is 11.3. The Kier molecular flexibility index (Phi) is 7.65. The molecule has 0 aliphatic carbocycles. The number of aliphatic hydroxyl groups is 1. The van der Waals surface area contributed by atoms with Gasteiger partial charge in [0, 0.05) is 26.9 Å². The quantitative estimate of drug-likeness (QED) is 0.687. The first kappa shape index (κ1) is 15.2. The van der Waals surface area contributed by atoms with Crippen LogP contribution in [-0.2, 0) is 9.47 Å². The van der Waals surface area contributed by atoms with Crippen LogP contribution in [0.5, 0.6) is 0 Å². The van der Waals surface area contributed by atoms with Crippen LogP contribution in [0.4, 0.5) is 0 Å². The van der Waals surface area contributed by atoms with Crippen LogP contribution in [0.25, 0.3) is 0 Å². The molecule has 1 aromatic rings. The Hall–Kier alpha value is -0.900. The second-order valence-corrected chi connectivity index (χ2v) is 4.58. The summed E-state index contributed by atoms with van der Waals surface area (Å²) in [5.41, 5.74) is 0.976. The van der Waals surface area contributed by atoms with Crippen LogP contribution in [0.15, 0.2) is 30.3 Å². The van der Waals surface area contributed by atoms with Gasteiger partial charge in [0.1, 0.15) is 0 Å². The van der Waals surface area contributed by atoms with E-state index < -0.39 is 6.10 Å². The lowest BCUT2D eigenvalue weighted by Crippen LogP contribution is -2.12. The Morgan fingerprint density at radius 1 is 1.11 bits per heavy atom. The first-order chi connectivity index (χ1) is 8.75. The van der Waals surface area contributed by atoms with E-state index in [9.17, 15) is 5.11 Å². The maximum Gasteiger partial charge on any atom is 0.0816 e. The van der Waals surface area contributed by atoms with E-state index in [0.29, 0.717) is 6.61 Å². The Labute approximate surface area is 110 Å². The molecule has 0 saturated carbocycles. The summed E-state index contributed by atoms with van der Waals surface area (Å²) in [7, 11) is 1.69. The molecule has 102 valence electrons. The van der Waals surface area contributed by atoms with Gasteiger partial charge in [-0.05, 0) is 24.3 Å². The third-order valence-electron chi connectivity index (χ3n) is 3.03. The molecule has 0 radical (unpaired) electrons. The summed E-state index contributed by atoms with van der Waals surface area (Å²) in [5.74, 6) is 0.204. The van der Waals surface area contributed by atoms with E-state index in [2.05, 4.69) is 6.92 Å². The van der Waals surface area contributed by atoms with Crippen molar-refractivity contribution in [2.75, 3.05) is 26.9 Å². The van der Waals surface area contributed by atoms with Crippen LogP contribution in [0.3, 0.4) is 0 Å². The molecule has 1 N–H and O–H groups in total. The molecule has 2 unspecified atom stereocenters. The second-order valence-electron chi connectivity index (χ2n) is 4.58. The predicted molar refractivity (Wildman–Crippen MR) is 72.5 cm³/mol. The minimum absolute atomic E-state index is 0.204. The molecule has 0 aliphatic rings. The van der Waals surface area contributed by atoms with E-state index in [1.807, 2.05) is 30.3 Å². The van der Waals surface area contributed by atoms with Gasteiger partial charge in [-0.3, -0.25) is 0 Å². The summed E-state index contributed by atoms with van der Waals surface area (Å²) >= 11 is 0. The summed E-state index contributed by atoms with van der Waals surface area (Å²) in [6, 6.07) is 9.78. The van der Waals surface area contributed by atoms with Crippen LogP contribution in [0.1, 0.15) is 31.4 Å². The van der Waals surface area contributed by atoms with E-state index in [0.717, 1.165) is 31.6 Å². The van der Waals surface area contributed by atoms with Gasteiger partial charge >= 0.3 is 0 Å². The van der Waals surface area contributed by atoms with Gasteiger partial charge < -0.3 is 14.6 Å². The molecule has 0 fully saturated rings. The van der Waals surface area contributed by atoms with Crippen molar-refractivity contribution in [3.8, 4) is 0 Å². The molecule has 0 heterocycles. The number of aliphatic hydroxyl groups excluding tert-OH is 1.